The van der Waals surface area contributed by atoms with Gasteiger partial charge < -0.3 is 15.7 Å². The number of amides is 2. The van der Waals surface area contributed by atoms with E-state index < -0.39 is 17.8 Å². The fraction of sp³-hybridized carbons (Fsp3) is 0.800. The van der Waals surface area contributed by atoms with Crippen molar-refractivity contribution >= 4 is 17.8 Å². The third kappa shape index (κ3) is 5.02. The first kappa shape index (κ1) is 15.8. The molecule has 2 unspecified atom stereocenters. The van der Waals surface area contributed by atoms with Gasteiger partial charge in [0, 0.05) is 19.0 Å². The molecule has 3 N–H and O–H groups in total. The lowest BCUT2D eigenvalue weighted by Gasteiger charge is -2.27. The van der Waals surface area contributed by atoms with E-state index in [0.29, 0.717) is 38.3 Å². The molecule has 2 aliphatic carbocycles. The molecule has 2 saturated carbocycles. The average Bonchev–Trinajstić information content (AvgIpc) is 3.27. The van der Waals surface area contributed by atoms with E-state index in [2.05, 4.69) is 10.6 Å². The van der Waals surface area contributed by atoms with Gasteiger partial charge in [-0.2, -0.15) is 0 Å². The quantitative estimate of drug-likeness (QED) is 0.612. The molecule has 2 fully saturated rings. The molecule has 0 aliphatic heterocycles. The Hall–Kier alpha value is -1.59. The van der Waals surface area contributed by atoms with E-state index in [4.69, 9.17) is 5.11 Å². The maximum Gasteiger partial charge on any atom is 0.307 e. The molecule has 21 heavy (non-hydrogen) atoms. The van der Waals surface area contributed by atoms with Crippen LogP contribution >= 0.6 is 0 Å². The zero-order valence-corrected chi connectivity index (χ0v) is 12.3. The summed E-state index contributed by atoms with van der Waals surface area (Å²) in [5, 5.41) is 14.8. The lowest BCUT2D eigenvalue weighted by atomic mass is 9.78. The van der Waals surface area contributed by atoms with Crippen LogP contribution in [0.15, 0.2) is 0 Å². The Morgan fingerprint density at radius 1 is 1.00 bits per heavy atom. The molecule has 2 aliphatic rings. The van der Waals surface area contributed by atoms with Gasteiger partial charge in [0.1, 0.15) is 0 Å². The normalized spacial score (nSPS) is 25.1. The molecule has 0 aromatic rings. The summed E-state index contributed by atoms with van der Waals surface area (Å²) in [6, 6.07) is 0.366. The average molecular weight is 296 g/mol. The highest BCUT2D eigenvalue weighted by atomic mass is 16.4. The number of nitrogens with one attached hydrogen (secondary N) is 2. The summed E-state index contributed by atoms with van der Waals surface area (Å²) in [6.45, 7) is 0.430. The van der Waals surface area contributed by atoms with Crippen LogP contribution in [0.2, 0.25) is 0 Å². The topological polar surface area (TPSA) is 95.5 Å². The molecule has 0 saturated heterocycles. The highest BCUT2D eigenvalue weighted by molar-refractivity contribution is 5.85. The second-order valence-electron chi connectivity index (χ2n) is 6.07. The monoisotopic (exact) mass is 296 g/mol. The number of hydrogen-bond acceptors (Lipinski definition) is 3. The van der Waals surface area contributed by atoms with Crippen LogP contribution in [0.1, 0.15) is 51.4 Å². The van der Waals surface area contributed by atoms with Gasteiger partial charge in [-0.1, -0.05) is 12.8 Å². The van der Waals surface area contributed by atoms with Gasteiger partial charge in [0.2, 0.25) is 11.8 Å². The maximum absolute atomic E-state index is 12.1. The molecule has 0 aromatic carbocycles. The number of aliphatic carboxylic acids is 1. The Balaban J connectivity index is 1.65. The molecule has 0 heterocycles. The van der Waals surface area contributed by atoms with Gasteiger partial charge >= 0.3 is 5.97 Å². The molecule has 0 spiro atoms. The number of hydrogen-bond donors (Lipinski definition) is 3. The highest BCUT2D eigenvalue weighted by Crippen LogP contribution is 2.30. The smallest absolute Gasteiger partial charge is 0.307 e. The van der Waals surface area contributed by atoms with E-state index in [1.165, 1.54) is 0 Å². The Kier molecular flexibility index (Phi) is 5.59. The fourth-order valence-corrected chi connectivity index (χ4v) is 2.86. The van der Waals surface area contributed by atoms with Crippen molar-refractivity contribution in [3.8, 4) is 0 Å². The molecular formula is C15H24N2O4. The minimum absolute atomic E-state index is 0.0350. The lowest BCUT2D eigenvalue weighted by Crippen LogP contribution is -2.40. The van der Waals surface area contributed by atoms with Crippen molar-refractivity contribution in [2.45, 2.75) is 57.4 Å². The molecule has 6 heteroatoms. The molecule has 6 nitrogen and oxygen atoms in total. The summed E-state index contributed by atoms with van der Waals surface area (Å²) < 4.78 is 0. The standard InChI is InChI=1S/C15H24N2O4/c18-13(17-10-7-8-10)6-3-9-16-14(19)11-4-1-2-5-12(11)15(20)21/h10-12H,1-9H2,(H,16,19)(H,17,18)(H,20,21). The molecule has 2 atom stereocenters. The van der Waals surface area contributed by atoms with Crippen LogP contribution in [0.4, 0.5) is 0 Å². The summed E-state index contributed by atoms with van der Waals surface area (Å²) in [6.07, 6.45) is 6.15. The van der Waals surface area contributed by atoms with Gasteiger partial charge in [0.15, 0.2) is 0 Å². The van der Waals surface area contributed by atoms with E-state index >= 15 is 0 Å². The summed E-state index contributed by atoms with van der Waals surface area (Å²) >= 11 is 0. The summed E-state index contributed by atoms with van der Waals surface area (Å²) in [5.41, 5.74) is 0. The molecule has 0 aromatic heterocycles. The first-order valence-electron chi connectivity index (χ1n) is 7.88. The Morgan fingerprint density at radius 3 is 2.29 bits per heavy atom. The maximum atomic E-state index is 12.1. The Morgan fingerprint density at radius 2 is 1.67 bits per heavy atom. The number of carboxylic acids is 1. The van der Waals surface area contributed by atoms with E-state index in [-0.39, 0.29) is 11.8 Å². The number of carbonyl (C=O) groups excluding carboxylic acids is 2. The zero-order chi connectivity index (χ0) is 15.2. The Bertz CT molecular complexity index is 406. The molecule has 0 bridgehead atoms. The predicted molar refractivity (Wildman–Crippen MR) is 76.5 cm³/mol. The van der Waals surface area contributed by atoms with Crippen molar-refractivity contribution in [2.75, 3.05) is 6.54 Å². The van der Waals surface area contributed by atoms with Crippen molar-refractivity contribution in [1.29, 1.82) is 0 Å². The van der Waals surface area contributed by atoms with Crippen LogP contribution in [-0.2, 0) is 14.4 Å². The number of rotatable bonds is 7. The van der Waals surface area contributed by atoms with Crippen LogP contribution < -0.4 is 10.6 Å². The van der Waals surface area contributed by atoms with E-state index in [0.717, 1.165) is 25.7 Å². The summed E-state index contributed by atoms with van der Waals surface area (Å²) in [4.78, 5) is 34.7. The minimum atomic E-state index is -0.876. The van der Waals surface area contributed by atoms with E-state index in [1.54, 1.807) is 0 Å². The second-order valence-corrected chi connectivity index (χ2v) is 6.07. The van der Waals surface area contributed by atoms with Crippen molar-refractivity contribution in [2.24, 2.45) is 11.8 Å². The number of carboxylic acid groups (broad SMARTS) is 1. The van der Waals surface area contributed by atoms with Crippen LogP contribution in [0, 0.1) is 11.8 Å². The minimum Gasteiger partial charge on any atom is -0.481 e. The van der Waals surface area contributed by atoms with Crippen LogP contribution in [0.5, 0.6) is 0 Å². The van der Waals surface area contributed by atoms with E-state index in [1.807, 2.05) is 0 Å². The van der Waals surface area contributed by atoms with Gasteiger partial charge in [0.25, 0.3) is 0 Å². The van der Waals surface area contributed by atoms with Gasteiger partial charge in [-0.3, -0.25) is 14.4 Å². The molecule has 2 amide bonds. The van der Waals surface area contributed by atoms with Crippen LogP contribution in [0.25, 0.3) is 0 Å². The van der Waals surface area contributed by atoms with Gasteiger partial charge in [-0.25, -0.2) is 0 Å². The SMILES string of the molecule is O=C(CCCNC(=O)C1CCCCC1C(=O)O)NC1CC1. The largest absolute Gasteiger partial charge is 0.481 e. The van der Waals surface area contributed by atoms with Crippen LogP contribution in [-0.4, -0.2) is 35.5 Å². The molecule has 118 valence electrons. The molecular weight excluding hydrogens is 272 g/mol. The van der Waals surface area contributed by atoms with Crippen molar-refractivity contribution in [3.05, 3.63) is 0 Å². The van der Waals surface area contributed by atoms with Crippen LogP contribution in [0.3, 0.4) is 0 Å². The highest BCUT2D eigenvalue weighted by Gasteiger charge is 2.35. The first-order valence-corrected chi connectivity index (χ1v) is 7.88. The van der Waals surface area contributed by atoms with Gasteiger partial charge in [0.05, 0.1) is 11.8 Å². The van der Waals surface area contributed by atoms with Gasteiger partial charge in [-0.05, 0) is 32.1 Å². The number of carbonyl (C=O) groups is 3. The summed E-state index contributed by atoms with van der Waals surface area (Å²) in [5.74, 6) is -2.00. The zero-order valence-electron chi connectivity index (χ0n) is 12.3. The third-order valence-corrected chi connectivity index (χ3v) is 4.24. The third-order valence-electron chi connectivity index (χ3n) is 4.24. The van der Waals surface area contributed by atoms with E-state index in [9.17, 15) is 14.4 Å². The lowest BCUT2D eigenvalue weighted by molar-refractivity contribution is -0.148. The Labute approximate surface area is 124 Å². The fourth-order valence-electron chi connectivity index (χ4n) is 2.86. The van der Waals surface area contributed by atoms with Crippen molar-refractivity contribution < 1.29 is 19.5 Å². The molecule has 2 rings (SSSR count). The van der Waals surface area contributed by atoms with Crippen molar-refractivity contribution in [1.82, 2.24) is 10.6 Å². The molecule has 0 radical (unpaired) electrons. The predicted octanol–water partition coefficient (Wildman–Crippen LogP) is 1.05. The van der Waals surface area contributed by atoms with Crippen molar-refractivity contribution in [3.63, 3.8) is 0 Å². The van der Waals surface area contributed by atoms with Gasteiger partial charge in [-0.15, -0.1) is 0 Å². The second kappa shape index (κ2) is 7.43. The first-order chi connectivity index (χ1) is 10.1. The summed E-state index contributed by atoms with van der Waals surface area (Å²) in [7, 11) is 0.